The van der Waals surface area contributed by atoms with Crippen LogP contribution in [0.3, 0.4) is 0 Å². The Morgan fingerprint density at radius 3 is 2.00 bits per heavy atom. The van der Waals surface area contributed by atoms with Crippen LogP contribution in [0.15, 0.2) is 18.2 Å². The molecule has 1 aromatic rings. The normalized spacial score (nSPS) is 15.2. The number of hydrogen-bond acceptors (Lipinski definition) is 2. The Morgan fingerprint density at radius 2 is 1.61 bits per heavy atom. The molecule has 0 saturated heterocycles. The molecule has 0 aromatic heterocycles. The van der Waals surface area contributed by atoms with Gasteiger partial charge in [-0.05, 0) is 50.4 Å². The summed E-state index contributed by atoms with van der Waals surface area (Å²) < 4.78 is 0. The molecule has 0 bridgehead atoms. The van der Waals surface area contributed by atoms with Crippen LogP contribution in [0.1, 0.15) is 43.5 Å². The molecule has 2 N–H and O–H groups in total. The second kappa shape index (κ2) is 6.35. The molecule has 18 heavy (non-hydrogen) atoms. The van der Waals surface area contributed by atoms with Crippen LogP contribution in [-0.4, -0.2) is 24.5 Å². The SMILES string of the molecule is Cc1cccc(C)c1C(CN)N(C)C(C)C(C)C. The predicted molar refractivity (Wildman–Crippen MR) is 79.8 cm³/mol. The number of nitrogens with two attached hydrogens (primary N) is 1. The fraction of sp³-hybridized carbons (Fsp3) is 0.625. The summed E-state index contributed by atoms with van der Waals surface area (Å²) in [5, 5.41) is 0. The van der Waals surface area contributed by atoms with Crippen LogP contribution >= 0.6 is 0 Å². The molecule has 2 nitrogen and oxygen atoms in total. The van der Waals surface area contributed by atoms with Gasteiger partial charge < -0.3 is 5.73 Å². The average molecular weight is 248 g/mol. The fourth-order valence-electron chi connectivity index (χ4n) is 2.59. The molecule has 0 aliphatic rings. The van der Waals surface area contributed by atoms with E-state index in [1.54, 1.807) is 0 Å². The molecular formula is C16H28N2. The molecule has 0 amide bonds. The van der Waals surface area contributed by atoms with Gasteiger partial charge in [0.15, 0.2) is 0 Å². The standard InChI is InChI=1S/C16H28N2/c1-11(2)14(5)18(6)15(10-17)16-12(3)8-7-9-13(16)4/h7-9,11,14-15H,10,17H2,1-6H3. The number of nitrogens with zero attached hydrogens (tertiary/aromatic N) is 1. The van der Waals surface area contributed by atoms with Gasteiger partial charge in [-0.3, -0.25) is 4.90 Å². The van der Waals surface area contributed by atoms with E-state index in [0.717, 1.165) is 0 Å². The quantitative estimate of drug-likeness (QED) is 0.866. The minimum absolute atomic E-state index is 0.309. The van der Waals surface area contributed by atoms with E-state index in [4.69, 9.17) is 5.73 Å². The second-order valence-electron chi connectivity index (χ2n) is 5.71. The lowest BCUT2D eigenvalue weighted by Crippen LogP contribution is -2.40. The molecule has 0 spiro atoms. The van der Waals surface area contributed by atoms with E-state index in [0.29, 0.717) is 24.5 Å². The van der Waals surface area contributed by atoms with Crippen molar-refractivity contribution in [2.45, 2.75) is 46.7 Å². The molecule has 0 saturated carbocycles. The van der Waals surface area contributed by atoms with Gasteiger partial charge in [0, 0.05) is 18.6 Å². The first-order valence-corrected chi connectivity index (χ1v) is 6.88. The Morgan fingerprint density at radius 1 is 1.11 bits per heavy atom. The third-order valence-corrected chi connectivity index (χ3v) is 4.20. The van der Waals surface area contributed by atoms with Crippen LogP contribution in [0.5, 0.6) is 0 Å². The molecule has 2 atom stereocenters. The summed E-state index contributed by atoms with van der Waals surface area (Å²) in [5.41, 5.74) is 10.1. The van der Waals surface area contributed by atoms with Gasteiger partial charge in [-0.15, -0.1) is 0 Å². The van der Waals surface area contributed by atoms with Gasteiger partial charge in [0.1, 0.15) is 0 Å². The Kier molecular flexibility index (Phi) is 5.36. The summed E-state index contributed by atoms with van der Waals surface area (Å²) in [6, 6.07) is 7.31. The highest BCUT2D eigenvalue weighted by Gasteiger charge is 2.24. The number of likely N-dealkylation sites (N-methyl/N-ethyl adjacent to an activating group) is 1. The Bertz CT molecular complexity index is 364. The van der Waals surface area contributed by atoms with E-state index in [-0.39, 0.29) is 0 Å². The van der Waals surface area contributed by atoms with Gasteiger partial charge in [-0.2, -0.15) is 0 Å². The first kappa shape index (κ1) is 15.2. The van der Waals surface area contributed by atoms with Crippen molar-refractivity contribution in [2.75, 3.05) is 13.6 Å². The van der Waals surface area contributed by atoms with Crippen LogP contribution in [-0.2, 0) is 0 Å². The van der Waals surface area contributed by atoms with E-state index < -0.39 is 0 Å². The van der Waals surface area contributed by atoms with Crippen molar-refractivity contribution >= 4 is 0 Å². The molecule has 1 aromatic carbocycles. The molecule has 1 rings (SSSR count). The number of benzene rings is 1. The van der Waals surface area contributed by atoms with E-state index in [9.17, 15) is 0 Å². The van der Waals surface area contributed by atoms with Crippen LogP contribution in [0.25, 0.3) is 0 Å². The first-order chi connectivity index (χ1) is 8.40. The monoisotopic (exact) mass is 248 g/mol. The van der Waals surface area contributed by atoms with Crippen molar-refractivity contribution in [1.82, 2.24) is 4.90 Å². The highest BCUT2D eigenvalue weighted by molar-refractivity contribution is 5.36. The van der Waals surface area contributed by atoms with Gasteiger partial charge in [-0.1, -0.05) is 32.0 Å². The summed E-state index contributed by atoms with van der Waals surface area (Å²) in [5.74, 6) is 0.633. The minimum atomic E-state index is 0.309. The largest absolute Gasteiger partial charge is 0.329 e. The second-order valence-corrected chi connectivity index (χ2v) is 5.71. The zero-order valence-corrected chi connectivity index (χ0v) is 12.7. The first-order valence-electron chi connectivity index (χ1n) is 6.88. The van der Waals surface area contributed by atoms with E-state index in [2.05, 4.69) is 64.8 Å². The maximum atomic E-state index is 6.04. The van der Waals surface area contributed by atoms with Crippen molar-refractivity contribution in [3.05, 3.63) is 34.9 Å². The van der Waals surface area contributed by atoms with Crippen LogP contribution < -0.4 is 5.73 Å². The summed E-state index contributed by atoms with van der Waals surface area (Å²) in [4.78, 5) is 2.42. The molecule has 2 unspecified atom stereocenters. The summed E-state index contributed by atoms with van der Waals surface area (Å²) in [6.45, 7) is 11.8. The Hall–Kier alpha value is -0.860. The molecule has 0 aliphatic heterocycles. The van der Waals surface area contributed by atoms with E-state index in [1.807, 2.05) is 0 Å². The number of aryl methyl sites for hydroxylation is 2. The van der Waals surface area contributed by atoms with Crippen molar-refractivity contribution in [1.29, 1.82) is 0 Å². The fourth-order valence-corrected chi connectivity index (χ4v) is 2.59. The molecule has 0 aliphatic carbocycles. The lowest BCUT2D eigenvalue weighted by atomic mass is 9.93. The summed E-state index contributed by atoms with van der Waals surface area (Å²) >= 11 is 0. The highest BCUT2D eigenvalue weighted by atomic mass is 15.2. The van der Waals surface area contributed by atoms with Crippen molar-refractivity contribution in [2.24, 2.45) is 11.7 Å². The van der Waals surface area contributed by atoms with E-state index in [1.165, 1.54) is 16.7 Å². The van der Waals surface area contributed by atoms with Gasteiger partial charge in [0.05, 0.1) is 0 Å². The minimum Gasteiger partial charge on any atom is -0.329 e. The zero-order valence-electron chi connectivity index (χ0n) is 12.7. The van der Waals surface area contributed by atoms with E-state index >= 15 is 0 Å². The maximum absolute atomic E-state index is 6.04. The predicted octanol–water partition coefficient (Wildman–Crippen LogP) is 3.28. The van der Waals surface area contributed by atoms with Gasteiger partial charge >= 0.3 is 0 Å². The third-order valence-electron chi connectivity index (χ3n) is 4.20. The number of rotatable bonds is 5. The molecule has 2 heteroatoms. The van der Waals surface area contributed by atoms with Crippen LogP contribution in [0, 0.1) is 19.8 Å². The van der Waals surface area contributed by atoms with Crippen molar-refractivity contribution in [3.63, 3.8) is 0 Å². The maximum Gasteiger partial charge on any atom is 0.0475 e. The Balaban J connectivity index is 3.10. The van der Waals surface area contributed by atoms with Crippen molar-refractivity contribution in [3.8, 4) is 0 Å². The van der Waals surface area contributed by atoms with Crippen LogP contribution in [0.2, 0.25) is 0 Å². The average Bonchev–Trinajstić information content (AvgIpc) is 2.32. The van der Waals surface area contributed by atoms with Gasteiger partial charge in [-0.25, -0.2) is 0 Å². The number of hydrogen-bond donors (Lipinski definition) is 1. The van der Waals surface area contributed by atoms with Gasteiger partial charge in [0.2, 0.25) is 0 Å². The Labute approximate surface area is 112 Å². The lowest BCUT2D eigenvalue weighted by Gasteiger charge is -2.36. The summed E-state index contributed by atoms with van der Waals surface area (Å²) in [7, 11) is 2.19. The van der Waals surface area contributed by atoms with Crippen molar-refractivity contribution < 1.29 is 0 Å². The molecule has 0 fully saturated rings. The van der Waals surface area contributed by atoms with Gasteiger partial charge in [0.25, 0.3) is 0 Å². The third kappa shape index (κ3) is 3.12. The topological polar surface area (TPSA) is 29.3 Å². The molecule has 0 radical (unpaired) electrons. The zero-order chi connectivity index (χ0) is 13.9. The van der Waals surface area contributed by atoms with Crippen LogP contribution in [0.4, 0.5) is 0 Å². The highest BCUT2D eigenvalue weighted by Crippen LogP contribution is 2.28. The molecule has 102 valence electrons. The molecule has 0 heterocycles. The lowest BCUT2D eigenvalue weighted by molar-refractivity contribution is 0.151. The summed E-state index contributed by atoms with van der Waals surface area (Å²) in [6.07, 6.45) is 0. The molecular weight excluding hydrogens is 220 g/mol. The smallest absolute Gasteiger partial charge is 0.0475 e.